The highest BCUT2D eigenvalue weighted by Crippen LogP contribution is 2.20. The molecule has 0 aliphatic carbocycles. The molecule has 0 aromatic heterocycles. The fourth-order valence-electron chi connectivity index (χ4n) is 3.43. The second-order valence-corrected chi connectivity index (χ2v) is 7.79. The Morgan fingerprint density at radius 1 is 1.07 bits per heavy atom. The van der Waals surface area contributed by atoms with E-state index in [1.54, 1.807) is 12.1 Å². The van der Waals surface area contributed by atoms with Gasteiger partial charge in [-0.25, -0.2) is 4.79 Å². The number of amides is 1. The van der Waals surface area contributed by atoms with Crippen LogP contribution in [0.2, 0.25) is 0 Å². The summed E-state index contributed by atoms with van der Waals surface area (Å²) < 4.78 is 10.5. The number of morpholine rings is 1. The summed E-state index contributed by atoms with van der Waals surface area (Å²) in [5.74, 6) is -0.368. The van der Waals surface area contributed by atoms with E-state index in [1.807, 2.05) is 36.4 Å². The highest BCUT2D eigenvalue weighted by atomic mass is 16.5. The van der Waals surface area contributed by atoms with E-state index in [9.17, 15) is 9.59 Å². The summed E-state index contributed by atoms with van der Waals surface area (Å²) in [5, 5.41) is 2.76. The minimum absolute atomic E-state index is 0.314. The highest BCUT2D eigenvalue weighted by molar-refractivity contribution is 5.95. The van der Waals surface area contributed by atoms with Crippen LogP contribution >= 0.6 is 0 Å². The molecule has 1 amide bonds. The van der Waals surface area contributed by atoms with E-state index in [0.29, 0.717) is 17.2 Å². The number of rotatable bonds is 8. The standard InChI is InChI=1S/C24H30N2O4/c1-3-18(2)20-8-10-22(11-9-20)25-23(27)17-30-24(28)21-6-4-19(5-7-21)16-26-12-14-29-15-13-26/h4-11,18H,3,12-17H2,1-2H3,(H,25,27)/p+1/t18-/m0/s1. The molecule has 6 nitrogen and oxygen atoms in total. The predicted molar refractivity (Wildman–Crippen MR) is 116 cm³/mol. The predicted octanol–water partition coefficient (Wildman–Crippen LogP) is 2.41. The van der Waals surface area contributed by atoms with Crippen molar-refractivity contribution in [2.24, 2.45) is 0 Å². The van der Waals surface area contributed by atoms with Crippen LogP contribution in [0.4, 0.5) is 5.69 Å². The van der Waals surface area contributed by atoms with Crippen LogP contribution < -0.4 is 10.2 Å². The van der Waals surface area contributed by atoms with E-state index in [4.69, 9.17) is 9.47 Å². The van der Waals surface area contributed by atoms with E-state index in [2.05, 4.69) is 19.2 Å². The van der Waals surface area contributed by atoms with Crippen LogP contribution in [0.5, 0.6) is 0 Å². The smallest absolute Gasteiger partial charge is 0.338 e. The van der Waals surface area contributed by atoms with Gasteiger partial charge in [0.1, 0.15) is 19.6 Å². The number of carbonyl (C=O) groups is 2. The van der Waals surface area contributed by atoms with Crippen LogP contribution in [0.25, 0.3) is 0 Å². The lowest BCUT2D eigenvalue weighted by Gasteiger charge is -2.23. The lowest BCUT2D eigenvalue weighted by molar-refractivity contribution is -0.921. The Hall–Kier alpha value is -2.70. The van der Waals surface area contributed by atoms with Gasteiger partial charge in [-0.3, -0.25) is 4.79 Å². The number of esters is 1. The molecule has 160 valence electrons. The fourth-order valence-corrected chi connectivity index (χ4v) is 3.43. The van der Waals surface area contributed by atoms with Crippen LogP contribution in [0, 0.1) is 0 Å². The fraction of sp³-hybridized carbons (Fsp3) is 0.417. The van der Waals surface area contributed by atoms with Gasteiger partial charge in [-0.2, -0.15) is 0 Å². The van der Waals surface area contributed by atoms with Gasteiger partial charge in [0.05, 0.1) is 18.8 Å². The SMILES string of the molecule is CC[C@H](C)c1ccc(NC(=O)COC(=O)c2ccc(C[NH+]3CCOCC3)cc2)cc1. The van der Waals surface area contributed by atoms with E-state index < -0.39 is 5.97 Å². The minimum atomic E-state index is -0.498. The molecule has 1 aliphatic rings. The first-order valence-electron chi connectivity index (χ1n) is 10.6. The van der Waals surface area contributed by atoms with Gasteiger partial charge < -0.3 is 19.7 Å². The summed E-state index contributed by atoms with van der Waals surface area (Å²) in [5.41, 5.74) is 3.54. The van der Waals surface area contributed by atoms with Gasteiger partial charge >= 0.3 is 5.97 Å². The molecule has 0 bridgehead atoms. The molecule has 0 spiro atoms. The first-order valence-corrected chi connectivity index (χ1v) is 10.6. The second kappa shape index (κ2) is 10.9. The molecule has 0 saturated carbocycles. The number of carbonyl (C=O) groups excluding carboxylic acids is 2. The van der Waals surface area contributed by atoms with E-state index in [-0.39, 0.29) is 12.5 Å². The zero-order valence-corrected chi connectivity index (χ0v) is 17.8. The van der Waals surface area contributed by atoms with Gasteiger partial charge in [-0.05, 0) is 42.2 Å². The van der Waals surface area contributed by atoms with Crippen molar-refractivity contribution >= 4 is 17.6 Å². The molecule has 6 heteroatoms. The summed E-state index contributed by atoms with van der Waals surface area (Å²) in [7, 11) is 0. The van der Waals surface area contributed by atoms with Crippen molar-refractivity contribution in [1.29, 1.82) is 0 Å². The molecule has 2 N–H and O–H groups in total. The first-order chi connectivity index (χ1) is 14.5. The summed E-state index contributed by atoms with van der Waals surface area (Å²) in [6.07, 6.45) is 1.07. The average molecular weight is 412 g/mol. The Balaban J connectivity index is 1.44. The Kier molecular flexibility index (Phi) is 7.99. The number of anilines is 1. The molecule has 1 atom stereocenters. The normalized spacial score (nSPS) is 15.4. The number of benzene rings is 2. The molecule has 1 saturated heterocycles. The molecule has 2 aromatic carbocycles. The Labute approximate surface area is 178 Å². The molecular weight excluding hydrogens is 380 g/mol. The molecule has 2 aromatic rings. The van der Waals surface area contributed by atoms with Gasteiger partial charge in [0, 0.05) is 11.3 Å². The summed E-state index contributed by atoms with van der Waals surface area (Å²) in [4.78, 5) is 25.8. The largest absolute Gasteiger partial charge is 0.452 e. The van der Waals surface area contributed by atoms with Gasteiger partial charge in [0.15, 0.2) is 6.61 Å². The number of nitrogens with one attached hydrogen (secondary N) is 2. The zero-order chi connectivity index (χ0) is 21.3. The highest BCUT2D eigenvalue weighted by Gasteiger charge is 2.15. The van der Waals surface area contributed by atoms with Crippen molar-refractivity contribution in [2.75, 3.05) is 38.2 Å². The lowest BCUT2D eigenvalue weighted by Crippen LogP contribution is -3.12. The quantitative estimate of drug-likeness (QED) is 0.655. The summed E-state index contributed by atoms with van der Waals surface area (Å²) in [6, 6.07) is 15.2. The molecule has 30 heavy (non-hydrogen) atoms. The Bertz CT molecular complexity index is 827. The molecule has 0 unspecified atom stereocenters. The van der Waals surface area contributed by atoms with Crippen LogP contribution in [-0.2, 0) is 20.8 Å². The topological polar surface area (TPSA) is 69.1 Å². The maximum Gasteiger partial charge on any atom is 0.338 e. The van der Waals surface area contributed by atoms with Crippen LogP contribution in [-0.4, -0.2) is 44.8 Å². The second-order valence-electron chi connectivity index (χ2n) is 7.79. The molecule has 1 fully saturated rings. The summed E-state index contributed by atoms with van der Waals surface area (Å²) in [6.45, 7) is 8.51. The van der Waals surface area contributed by atoms with E-state index >= 15 is 0 Å². The van der Waals surface area contributed by atoms with Crippen LogP contribution in [0.15, 0.2) is 48.5 Å². The van der Waals surface area contributed by atoms with Crippen molar-refractivity contribution in [3.8, 4) is 0 Å². The van der Waals surface area contributed by atoms with Crippen molar-refractivity contribution in [3.63, 3.8) is 0 Å². The maximum absolute atomic E-state index is 12.2. The van der Waals surface area contributed by atoms with Crippen LogP contribution in [0.3, 0.4) is 0 Å². The van der Waals surface area contributed by atoms with Crippen molar-refractivity contribution < 1.29 is 24.0 Å². The summed E-state index contributed by atoms with van der Waals surface area (Å²) >= 11 is 0. The van der Waals surface area contributed by atoms with Crippen LogP contribution in [0.1, 0.15) is 47.7 Å². The molecule has 3 rings (SSSR count). The van der Waals surface area contributed by atoms with Gasteiger partial charge in [-0.15, -0.1) is 0 Å². The van der Waals surface area contributed by atoms with E-state index in [0.717, 1.165) is 39.3 Å². The van der Waals surface area contributed by atoms with E-state index in [1.165, 1.54) is 16.0 Å². The van der Waals surface area contributed by atoms with Gasteiger partial charge in [0.2, 0.25) is 0 Å². The Morgan fingerprint density at radius 2 is 1.73 bits per heavy atom. The molecule has 1 heterocycles. The number of ether oxygens (including phenoxy) is 2. The molecule has 1 aliphatic heterocycles. The maximum atomic E-state index is 12.2. The Morgan fingerprint density at radius 3 is 2.37 bits per heavy atom. The van der Waals surface area contributed by atoms with Crippen molar-refractivity contribution in [1.82, 2.24) is 0 Å². The number of quaternary nitrogens is 1. The van der Waals surface area contributed by atoms with Crippen molar-refractivity contribution in [3.05, 3.63) is 65.2 Å². The first kappa shape index (κ1) is 22.0. The monoisotopic (exact) mass is 411 g/mol. The third kappa shape index (κ3) is 6.40. The number of hydrogen-bond acceptors (Lipinski definition) is 4. The van der Waals surface area contributed by atoms with Crippen molar-refractivity contribution in [2.45, 2.75) is 32.7 Å². The third-order valence-corrected chi connectivity index (χ3v) is 5.55. The van der Waals surface area contributed by atoms with Gasteiger partial charge in [-0.1, -0.05) is 38.1 Å². The molecular formula is C24H31N2O4+. The van der Waals surface area contributed by atoms with Gasteiger partial charge in [0.25, 0.3) is 5.91 Å². The lowest BCUT2D eigenvalue weighted by atomic mass is 9.99. The zero-order valence-electron chi connectivity index (χ0n) is 17.8. The minimum Gasteiger partial charge on any atom is -0.452 e. The molecule has 0 radical (unpaired) electrons. The average Bonchev–Trinajstić information content (AvgIpc) is 2.78. The number of hydrogen-bond donors (Lipinski definition) is 2. The third-order valence-electron chi connectivity index (χ3n) is 5.55.